The summed E-state index contributed by atoms with van der Waals surface area (Å²) in [6.45, 7) is 4.17. The lowest BCUT2D eigenvalue weighted by atomic mass is 9.97. The molecule has 2 N–H and O–H groups in total. The molecule has 0 atom stereocenters. The van der Waals surface area contributed by atoms with Crippen molar-refractivity contribution in [2.75, 3.05) is 12.8 Å². The number of aryl methyl sites for hydroxylation is 1. The second-order valence-corrected chi connectivity index (χ2v) is 5.42. The van der Waals surface area contributed by atoms with Gasteiger partial charge in [0.25, 0.3) is 0 Å². The number of anilines is 1. The van der Waals surface area contributed by atoms with E-state index in [1.807, 2.05) is 13.1 Å². The number of benzene rings is 1. The molecule has 0 aliphatic heterocycles. The van der Waals surface area contributed by atoms with Crippen LogP contribution in [-0.4, -0.2) is 22.5 Å². The highest BCUT2D eigenvalue weighted by Crippen LogP contribution is 2.22. The van der Waals surface area contributed by atoms with Gasteiger partial charge in [0.15, 0.2) is 0 Å². The van der Waals surface area contributed by atoms with Crippen LogP contribution in [0.3, 0.4) is 0 Å². The molecule has 2 rings (SSSR count). The average molecular weight is 259 g/mol. The van der Waals surface area contributed by atoms with Gasteiger partial charge in [-0.3, -0.25) is 4.68 Å². The van der Waals surface area contributed by atoms with Crippen molar-refractivity contribution in [3.63, 3.8) is 0 Å². The fourth-order valence-corrected chi connectivity index (χ4v) is 1.98. The molecule has 4 heteroatoms. The zero-order valence-electron chi connectivity index (χ0n) is 12.0. The Morgan fingerprint density at radius 2 is 1.89 bits per heavy atom. The van der Waals surface area contributed by atoms with Gasteiger partial charge in [-0.25, -0.2) is 0 Å². The highest BCUT2D eigenvalue weighted by molar-refractivity contribution is 5.62. The molecule has 0 aliphatic carbocycles. The zero-order chi connectivity index (χ0) is 14.0. The minimum atomic E-state index is -0.142. The lowest BCUT2D eigenvalue weighted by molar-refractivity contribution is 0.0232. The minimum Gasteiger partial charge on any atom is -0.384 e. The molecule has 1 heterocycles. The fourth-order valence-electron chi connectivity index (χ4n) is 1.98. The highest BCUT2D eigenvalue weighted by atomic mass is 16.5. The summed E-state index contributed by atoms with van der Waals surface area (Å²) in [4.78, 5) is 0. The molecule has 0 aliphatic rings. The van der Waals surface area contributed by atoms with Crippen LogP contribution < -0.4 is 5.73 Å². The third-order valence-electron chi connectivity index (χ3n) is 3.35. The molecule has 2 aromatic rings. The van der Waals surface area contributed by atoms with Crippen molar-refractivity contribution in [3.05, 3.63) is 35.9 Å². The predicted molar refractivity (Wildman–Crippen MR) is 77.8 cm³/mol. The number of ether oxygens (including phenoxy) is 1. The van der Waals surface area contributed by atoms with Crippen LogP contribution in [0.1, 0.15) is 19.4 Å². The summed E-state index contributed by atoms with van der Waals surface area (Å²) in [7, 11) is 3.58. The van der Waals surface area contributed by atoms with Crippen molar-refractivity contribution in [2.24, 2.45) is 7.05 Å². The van der Waals surface area contributed by atoms with E-state index in [-0.39, 0.29) is 5.60 Å². The first kappa shape index (κ1) is 13.6. The Morgan fingerprint density at radius 3 is 2.37 bits per heavy atom. The van der Waals surface area contributed by atoms with Crippen LogP contribution in [0.25, 0.3) is 11.3 Å². The van der Waals surface area contributed by atoms with Gasteiger partial charge >= 0.3 is 0 Å². The van der Waals surface area contributed by atoms with Crippen molar-refractivity contribution in [1.82, 2.24) is 9.78 Å². The fraction of sp³-hybridized carbons (Fsp3) is 0.400. The summed E-state index contributed by atoms with van der Waals surface area (Å²) in [6, 6.07) is 10.3. The van der Waals surface area contributed by atoms with Gasteiger partial charge < -0.3 is 10.5 Å². The molecule has 102 valence electrons. The maximum atomic E-state index is 5.79. The van der Waals surface area contributed by atoms with Crippen LogP contribution in [0, 0.1) is 0 Å². The lowest BCUT2D eigenvalue weighted by Crippen LogP contribution is -2.25. The SMILES string of the molecule is COC(C)(C)Cc1ccc(-c2cc(N)n(C)n2)cc1. The van der Waals surface area contributed by atoms with Gasteiger partial charge in [-0.1, -0.05) is 24.3 Å². The molecule has 4 nitrogen and oxygen atoms in total. The number of hydrogen-bond donors (Lipinski definition) is 1. The first-order chi connectivity index (χ1) is 8.91. The van der Waals surface area contributed by atoms with Gasteiger partial charge in [0.2, 0.25) is 0 Å². The van der Waals surface area contributed by atoms with Crippen molar-refractivity contribution >= 4 is 5.82 Å². The summed E-state index contributed by atoms with van der Waals surface area (Å²) >= 11 is 0. The standard InChI is InChI=1S/C15H21N3O/c1-15(2,19-4)10-11-5-7-12(8-6-11)13-9-14(16)18(3)17-13/h5-9H,10,16H2,1-4H3. The van der Waals surface area contributed by atoms with E-state index >= 15 is 0 Å². The molecule has 1 aromatic carbocycles. The number of aromatic nitrogens is 2. The Hall–Kier alpha value is -1.81. The molecule has 0 spiro atoms. The van der Waals surface area contributed by atoms with Crippen LogP contribution in [0.2, 0.25) is 0 Å². The molecule has 19 heavy (non-hydrogen) atoms. The first-order valence-corrected chi connectivity index (χ1v) is 6.35. The van der Waals surface area contributed by atoms with Crippen molar-refractivity contribution in [3.8, 4) is 11.3 Å². The Morgan fingerprint density at radius 1 is 1.26 bits per heavy atom. The molecule has 0 radical (unpaired) electrons. The van der Waals surface area contributed by atoms with Crippen molar-refractivity contribution in [2.45, 2.75) is 25.9 Å². The van der Waals surface area contributed by atoms with Gasteiger partial charge in [-0.2, -0.15) is 5.10 Å². The number of rotatable bonds is 4. The molecular weight excluding hydrogens is 238 g/mol. The second kappa shape index (κ2) is 5.05. The normalized spacial score (nSPS) is 11.8. The van der Waals surface area contributed by atoms with E-state index in [1.54, 1.807) is 11.8 Å². The first-order valence-electron chi connectivity index (χ1n) is 6.35. The Bertz CT molecular complexity index is 536. The van der Waals surface area contributed by atoms with Crippen LogP contribution in [0.4, 0.5) is 5.82 Å². The van der Waals surface area contributed by atoms with Gasteiger partial charge in [0.05, 0.1) is 11.3 Å². The third-order valence-corrected chi connectivity index (χ3v) is 3.35. The van der Waals surface area contributed by atoms with Gasteiger partial charge in [-0.05, 0) is 19.4 Å². The number of nitrogen functional groups attached to an aromatic ring is 1. The topological polar surface area (TPSA) is 53.1 Å². The van der Waals surface area contributed by atoms with Crippen LogP contribution >= 0.6 is 0 Å². The molecule has 0 amide bonds. The van der Waals surface area contributed by atoms with Gasteiger partial charge in [0, 0.05) is 32.2 Å². The van der Waals surface area contributed by atoms with E-state index < -0.39 is 0 Å². The summed E-state index contributed by atoms with van der Waals surface area (Å²) in [6.07, 6.45) is 0.883. The van der Waals surface area contributed by atoms with Crippen LogP contribution in [0.5, 0.6) is 0 Å². The van der Waals surface area contributed by atoms with Crippen LogP contribution in [-0.2, 0) is 18.2 Å². The number of nitrogens with two attached hydrogens (primary N) is 1. The summed E-state index contributed by atoms with van der Waals surface area (Å²) in [5.74, 6) is 0.666. The van der Waals surface area contributed by atoms with Gasteiger partial charge in [0.1, 0.15) is 5.82 Å². The average Bonchev–Trinajstić information content (AvgIpc) is 2.70. The predicted octanol–water partition coefficient (Wildman–Crippen LogP) is 2.64. The maximum absolute atomic E-state index is 5.79. The van der Waals surface area contributed by atoms with E-state index in [9.17, 15) is 0 Å². The zero-order valence-corrected chi connectivity index (χ0v) is 12.0. The molecule has 0 saturated heterocycles. The summed E-state index contributed by atoms with van der Waals surface area (Å²) in [5.41, 5.74) is 8.88. The van der Waals surface area contributed by atoms with E-state index in [0.29, 0.717) is 5.82 Å². The summed E-state index contributed by atoms with van der Waals surface area (Å²) in [5, 5.41) is 4.37. The maximum Gasteiger partial charge on any atom is 0.121 e. The largest absolute Gasteiger partial charge is 0.384 e. The van der Waals surface area contributed by atoms with Crippen molar-refractivity contribution < 1.29 is 4.74 Å². The lowest BCUT2D eigenvalue weighted by Gasteiger charge is -2.22. The van der Waals surface area contributed by atoms with E-state index in [2.05, 4.69) is 43.2 Å². The van der Waals surface area contributed by atoms with E-state index in [4.69, 9.17) is 10.5 Å². The van der Waals surface area contributed by atoms with E-state index in [0.717, 1.165) is 17.7 Å². The number of hydrogen-bond acceptors (Lipinski definition) is 3. The molecular formula is C15H21N3O. The quantitative estimate of drug-likeness (QED) is 0.918. The smallest absolute Gasteiger partial charge is 0.121 e. The third kappa shape index (κ3) is 3.15. The second-order valence-electron chi connectivity index (χ2n) is 5.42. The Balaban J connectivity index is 2.19. The molecule has 0 bridgehead atoms. The highest BCUT2D eigenvalue weighted by Gasteiger charge is 2.16. The minimum absolute atomic E-state index is 0.142. The van der Waals surface area contributed by atoms with E-state index in [1.165, 1.54) is 5.56 Å². The molecule has 1 aromatic heterocycles. The Labute approximate surface area is 114 Å². The molecule has 0 fully saturated rings. The Kier molecular flexibility index (Phi) is 3.62. The van der Waals surface area contributed by atoms with Crippen molar-refractivity contribution in [1.29, 1.82) is 0 Å². The van der Waals surface area contributed by atoms with Gasteiger partial charge in [-0.15, -0.1) is 0 Å². The molecule has 0 unspecified atom stereocenters. The monoisotopic (exact) mass is 259 g/mol. The summed E-state index contributed by atoms with van der Waals surface area (Å²) < 4.78 is 7.12. The molecule has 0 saturated carbocycles. The number of nitrogens with zero attached hydrogens (tertiary/aromatic N) is 2. The number of methoxy groups -OCH3 is 1. The van der Waals surface area contributed by atoms with Crippen LogP contribution in [0.15, 0.2) is 30.3 Å².